The second-order valence-corrected chi connectivity index (χ2v) is 3.71. The molecule has 1 rings (SSSR count). The van der Waals surface area contributed by atoms with Gasteiger partial charge in [0, 0.05) is 12.6 Å². The van der Waals surface area contributed by atoms with Crippen LogP contribution in [0.2, 0.25) is 0 Å². The molecule has 0 bridgehead atoms. The Morgan fingerprint density at radius 3 is 2.40 bits per heavy atom. The number of benzene rings is 1. The van der Waals surface area contributed by atoms with E-state index >= 15 is 0 Å². The molecule has 0 aliphatic heterocycles. The average Bonchev–Trinajstić information content (AvgIpc) is 2.39. The lowest BCUT2D eigenvalue weighted by molar-refractivity contribution is -0.136. The lowest BCUT2D eigenvalue weighted by Crippen LogP contribution is -2.41. The van der Waals surface area contributed by atoms with Crippen LogP contribution in [0, 0.1) is 11.6 Å². The SMILES string of the molecule is CCNC(=O)CNC(=O)C(=O)Nc1ccc(F)cc1F. The summed E-state index contributed by atoms with van der Waals surface area (Å²) in [4.78, 5) is 33.8. The Kier molecular flexibility index (Phi) is 5.57. The van der Waals surface area contributed by atoms with Crippen LogP contribution in [-0.4, -0.2) is 30.8 Å². The number of anilines is 1. The van der Waals surface area contributed by atoms with Crippen molar-refractivity contribution in [2.24, 2.45) is 0 Å². The van der Waals surface area contributed by atoms with Crippen molar-refractivity contribution in [1.82, 2.24) is 10.6 Å². The van der Waals surface area contributed by atoms with Gasteiger partial charge >= 0.3 is 11.8 Å². The maximum atomic E-state index is 13.2. The number of hydrogen-bond donors (Lipinski definition) is 3. The highest BCUT2D eigenvalue weighted by Crippen LogP contribution is 2.14. The Bertz CT molecular complexity index is 535. The quantitative estimate of drug-likeness (QED) is 0.688. The summed E-state index contributed by atoms with van der Waals surface area (Å²) in [6.07, 6.45) is 0. The molecular weight excluding hydrogens is 272 g/mol. The first-order valence-electron chi connectivity index (χ1n) is 5.75. The summed E-state index contributed by atoms with van der Waals surface area (Å²) >= 11 is 0. The number of halogens is 2. The predicted octanol–water partition coefficient (Wildman–Crippen LogP) is 0.156. The van der Waals surface area contributed by atoms with Gasteiger partial charge in [-0.05, 0) is 19.1 Å². The van der Waals surface area contributed by atoms with Gasteiger partial charge in [-0.3, -0.25) is 14.4 Å². The zero-order valence-electron chi connectivity index (χ0n) is 10.6. The molecule has 0 aliphatic rings. The van der Waals surface area contributed by atoms with Crippen LogP contribution in [0.5, 0.6) is 0 Å². The van der Waals surface area contributed by atoms with Crippen molar-refractivity contribution in [1.29, 1.82) is 0 Å². The van der Waals surface area contributed by atoms with Gasteiger partial charge in [-0.1, -0.05) is 0 Å². The van der Waals surface area contributed by atoms with E-state index in [1.165, 1.54) is 0 Å². The van der Waals surface area contributed by atoms with Gasteiger partial charge in [0.05, 0.1) is 12.2 Å². The first-order chi connectivity index (χ1) is 9.43. The Morgan fingerprint density at radius 2 is 1.80 bits per heavy atom. The number of nitrogens with one attached hydrogen (secondary N) is 3. The van der Waals surface area contributed by atoms with Gasteiger partial charge in [-0.15, -0.1) is 0 Å². The molecule has 6 nitrogen and oxygen atoms in total. The van der Waals surface area contributed by atoms with E-state index in [9.17, 15) is 23.2 Å². The summed E-state index contributed by atoms with van der Waals surface area (Å²) in [5.74, 6) is -4.52. The molecule has 108 valence electrons. The van der Waals surface area contributed by atoms with E-state index in [0.29, 0.717) is 12.6 Å². The van der Waals surface area contributed by atoms with E-state index in [0.717, 1.165) is 12.1 Å². The first-order valence-corrected chi connectivity index (χ1v) is 5.75. The van der Waals surface area contributed by atoms with Crippen LogP contribution >= 0.6 is 0 Å². The summed E-state index contributed by atoms with van der Waals surface area (Å²) in [5.41, 5.74) is -0.329. The van der Waals surface area contributed by atoms with Gasteiger partial charge in [0.25, 0.3) is 0 Å². The fourth-order valence-corrected chi connectivity index (χ4v) is 1.27. The largest absolute Gasteiger partial charge is 0.355 e. The molecule has 1 aromatic carbocycles. The van der Waals surface area contributed by atoms with Crippen molar-refractivity contribution in [3.8, 4) is 0 Å². The monoisotopic (exact) mass is 285 g/mol. The minimum atomic E-state index is -1.15. The standard InChI is InChI=1S/C12H13F2N3O3/c1-2-15-10(18)6-16-11(19)12(20)17-9-4-3-7(13)5-8(9)14/h3-5H,2,6H2,1H3,(H,15,18)(H,16,19)(H,17,20). The molecule has 20 heavy (non-hydrogen) atoms. The minimum Gasteiger partial charge on any atom is -0.355 e. The molecule has 0 saturated heterocycles. The highest BCUT2D eigenvalue weighted by molar-refractivity contribution is 6.39. The summed E-state index contributed by atoms with van der Waals surface area (Å²) in [6.45, 7) is 1.72. The van der Waals surface area contributed by atoms with E-state index in [-0.39, 0.29) is 12.2 Å². The van der Waals surface area contributed by atoms with E-state index in [2.05, 4.69) is 10.6 Å². The highest BCUT2D eigenvalue weighted by atomic mass is 19.1. The fourth-order valence-electron chi connectivity index (χ4n) is 1.27. The lowest BCUT2D eigenvalue weighted by atomic mass is 10.3. The molecule has 1 aromatic rings. The molecule has 0 heterocycles. The zero-order valence-corrected chi connectivity index (χ0v) is 10.6. The van der Waals surface area contributed by atoms with Crippen LogP contribution in [0.4, 0.5) is 14.5 Å². The van der Waals surface area contributed by atoms with Crippen molar-refractivity contribution in [2.45, 2.75) is 6.92 Å². The van der Waals surface area contributed by atoms with Gasteiger partial charge in [-0.2, -0.15) is 0 Å². The normalized spacial score (nSPS) is 9.75. The van der Waals surface area contributed by atoms with Crippen LogP contribution in [-0.2, 0) is 14.4 Å². The second kappa shape index (κ2) is 7.17. The summed E-state index contributed by atoms with van der Waals surface area (Å²) in [5, 5.41) is 6.44. The van der Waals surface area contributed by atoms with Crippen LogP contribution < -0.4 is 16.0 Å². The maximum Gasteiger partial charge on any atom is 0.313 e. The molecule has 0 aromatic heterocycles. The van der Waals surface area contributed by atoms with Crippen LogP contribution in [0.3, 0.4) is 0 Å². The first kappa shape index (κ1) is 15.5. The topological polar surface area (TPSA) is 87.3 Å². The van der Waals surface area contributed by atoms with Gasteiger partial charge in [0.1, 0.15) is 11.6 Å². The molecule has 0 fully saturated rings. The minimum absolute atomic E-state index is 0.329. The van der Waals surface area contributed by atoms with E-state index < -0.39 is 29.4 Å². The van der Waals surface area contributed by atoms with Crippen molar-refractivity contribution in [2.75, 3.05) is 18.4 Å². The van der Waals surface area contributed by atoms with Crippen molar-refractivity contribution >= 4 is 23.4 Å². The average molecular weight is 285 g/mol. The number of carbonyl (C=O) groups is 3. The molecule has 0 unspecified atom stereocenters. The third kappa shape index (κ3) is 4.63. The zero-order chi connectivity index (χ0) is 15.1. The Balaban J connectivity index is 2.53. The van der Waals surface area contributed by atoms with E-state index in [1.807, 2.05) is 5.32 Å². The maximum absolute atomic E-state index is 13.2. The van der Waals surface area contributed by atoms with Crippen LogP contribution in [0.15, 0.2) is 18.2 Å². The molecule has 0 saturated carbocycles. The predicted molar refractivity (Wildman–Crippen MR) is 66.7 cm³/mol. The molecule has 3 amide bonds. The lowest BCUT2D eigenvalue weighted by Gasteiger charge is -2.07. The van der Waals surface area contributed by atoms with Gasteiger partial charge in [0.15, 0.2) is 0 Å². The molecule has 8 heteroatoms. The van der Waals surface area contributed by atoms with Gasteiger partial charge in [0.2, 0.25) is 5.91 Å². The van der Waals surface area contributed by atoms with Crippen LogP contribution in [0.1, 0.15) is 6.92 Å². The molecule has 0 radical (unpaired) electrons. The number of likely N-dealkylation sites (N-methyl/N-ethyl adjacent to an activating group) is 1. The molecular formula is C12H13F2N3O3. The molecule has 0 atom stereocenters. The van der Waals surface area contributed by atoms with Crippen molar-refractivity contribution in [3.05, 3.63) is 29.8 Å². The highest BCUT2D eigenvalue weighted by Gasteiger charge is 2.16. The fraction of sp³-hybridized carbons (Fsp3) is 0.250. The molecule has 3 N–H and O–H groups in total. The molecule has 0 spiro atoms. The summed E-state index contributed by atoms with van der Waals surface area (Å²) in [6, 6.07) is 2.49. The van der Waals surface area contributed by atoms with Crippen LogP contribution in [0.25, 0.3) is 0 Å². The smallest absolute Gasteiger partial charge is 0.313 e. The summed E-state index contributed by atoms with van der Waals surface area (Å²) in [7, 11) is 0. The number of rotatable bonds is 4. The Labute approximate surface area is 113 Å². The second-order valence-electron chi connectivity index (χ2n) is 3.71. The van der Waals surface area contributed by atoms with E-state index in [1.54, 1.807) is 6.92 Å². The van der Waals surface area contributed by atoms with Gasteiger partial charge in [-0.25, -0.2) is 8.78 Å². The number of amides is 3. The number of carbonyl (C=O) groups excluding carboxylic acids is 3. The van der Waals surface area contributed by atoms with Crippen molar-refractivity contribution < 1.29 is 23.2 Å². The Morgan fingerprint density at radius 1 is 1.10 bits per heavy atom. The van der Waals surface area contributed by atoms with E-state index in [4.69, 9.17) is 0 Å². The third-order valence-electron chi connectivity index (χ3n) is 2.17. The van der Waals surface area contributed by atoms with Crippen molar-refractivity contribution in [3.63, 3.8) is 0 Å². The summed E-state index contributed by atoms with van der Waals surface area (Å²) < 4.78 is 25.9. The molecule has 0 aliphatic carbocycles. The van der Waals surface area contributed by atoms with Gasteiger partial charge < -0.3 is 16.0 Å². The Hall–Kier alpha value is -2.51. The number of hydrogen-bond acceptors (Lipinski definition) is 3. The third-order valence-corrected chi connectivity index (χ3v) is 2.17.